The number of hydrogen-bond donors (Lipinski definition) is 1. The third-order valence-electron chi connectivity index (χ3n) is 6.83. The zero-order valence-corrected chi connectivity index (χ0v) is 23.5. The van der Waals surface area contributed by atoms with Crippen LogP contribution in [-0.4, -0.2) is 43.6 Å². The largest absolute Gasteiger partial charge is 0.507 e. The molecule has 0 aliphatic carbocycles. The Bertz CT molecular complexity index is 1480. The Morgan fingerprint density at radius 3 is 2.25 bits per heavy atom. The molecule has 1 heterocycles. The van der Waals surface area contributed by atoms with Gasteiger partial charge >= 0.3 is 5.97 Å². The van der Waals surface area contributed by atoms with Crippen molar-refractivity contribution in [2.75, 3.05) is 25.7 Å². The zero-order chi connectivity index (χ0) is 29.2. The Morgan fingerprint density at radius 2 is 1.65 bits per heavy atom. The second kappa shape index (κ2) is 11.3. The minimum atomic E-state index is -0.980. The van der Waals surface area contributed by atoms with Gasteiger partial charge in [-0.15, -0.1) is 0 Å². The van der Waals surface area contributed by atoms with E-state index in [1.165, 1.54) is 31.3 Å². The van der Waals surface area contributed by atoms with Crippen LogP contribution in [-0.2, 0) is 19.7 Å². The molecule has 0 spiro atoms. The lowest BCUT2D eigenvalue weighted by atomic mass is 9.85. The van der Waals surface area contributed by atoms with Gasteiger partial charge in [0.05, 0.1) is 43.6 Å². The van der Waals surface area contributed by atoms with Crippen molar-refractivity contribution in [2.45, 2.75) is 39.2 Å². The van der Waals surface area contributed by atoms with Gasteiger partial charge in [0.2, 0.25) is 0 Å². The van der Waals surface area contributed by atoms with Gasteiger partial charge in [-0.2, -0.15) is 0 Å². The molecule has 1 fully saturated rings. The standard InChI is InChI=1S/C32H33NO7/c1-7-40-31(37)19-11-14-22(15-12-19)33-27(20-9-8-10-23(17-20)38-5)26(29(35)30(33)36)28(34)24-18-21(32(2,3)4)13-16-25(24)39-6/h8-18,27,34H,7H2,1-6H3/b28-26+. The summed E-state index contributed by atoms with van der Waals surface area (Å²) in [6.45, 7) is 8.05. The summed E-state index contributed by atoms with van der Waals surface area (Å²) in [6, 6.07) is 17.6. The van der Waals surface area contributed by atoms with Crippen molar-refractivity contribution in [1.82, 2.24) is 0 Å². The van der Waals surface area contributed by atoms with E-state index in [4.69, 9.17) is 14.2 Å². The van der Waals surface area contributed by atoms with Crippen LogP contribution in [0.2, 0.25) is 0 Å². The van der Waals surface area contributed by atoms with E-state index in [-0.39, 0.29) is 23.4 Å². The fourth-order valence-electron chi connectivity index (χ4n) is 4.70. The van der Waals surface area contributed by atoms with Crippen molar-refractivity contribution < 1.29 is 33.7 Å². The van der Waals surface area contributed by atoms with Gasteiger partial charge in [0, 0.05) is 5.69 Å². The van der Waals surface area contributed by atoms with Crippen LogP contribution < -0.4 is 14.4 Å². The average molecular weight is 544 g/mol. The molecule has 40 heavy (non-hydrogen) atoms. The summed E-state index contributed by atoms with van der Waals surface area (Å²) in [5, 5.41) is 11.7. The maximum atomic E-state index is 13.6. The minimum Gasteiger partial charge on any atom is -0.507 e. The number of methoxy groups -OCH3 is 2. The molecule has 1 aliphatic rings. The maximum absolute atomic E-state index is 13.6. The molecule has 0 saturated carbocycles. The lowest BCUT2D eigenvalue weighted by Crippen LogP contribution is -2.29. The zero-order valence-electron chi connectivity index (χ0n) is 23.5. The molecule has 0 aromatic heterocycles. The van der Waals surface area contributed by atoms with Gasteiger partial charge in [-0.1, -0.05) is 39.0 Å². The number of anilines is 1. The summed E-state index contributed by atoms with van der Waals surface area (Å²) in [7, 11) is 3.00. The molecule has 8 heteroatoms. The van der Waals surface area contributed by atoms with Gasteiger partial charge < -0.3 is 19.3 Å². The molecule has 4 rings (SSSR count). The number of carbonyl (C=O) groups excluding carboxylic acids is 3. The molecule has 208 valence electrons. The van der Waals surface area contributed by atoms with Crippen LogP contribution in [0.25, 0.3) is 5.76 Å². The summed E-state index contributed by atoms with van der Waals surface area (Å²) in [5.74, 6) is -1.62. The van der Waals surface area contributed by atoms with Crippen LogP contribution in [0.5, 0.6) is 11.5 Å². The summed E-state index contributed by atoms with van der Waals surface area (Å²) >= 11 is 0. The quantitative estimate of drug-likeness (QED) is 0.174. The lowest BCUT2D eigenvalue weighted by Gasteiger charge is -2.26. The van der Waals surface area contributed by atoms with Crippen molar-refractivity contribution in [2.24, 2.45) is 0 Å². The van der Waals surface area contributed by atoms with Crippen LogP contribution in [0.4, 0.5) is 5.69 Å². The number of Topliss-reactive ketones (excluding diaryl/α,β-unsaturated/α-hetero) is 1. The topological polar surface area (TPSA) is 102 Å². The normalized spacial score (nSPS) is 16.6. The van der Waals surface area contributed by atoms with Crippen LogP contribution in [0.3, 0.4) is 0 Å². The Balaban J connectivity index is 1.95. The molecule has 3 aromatic carbocycles. The van der Waals surface area contributed by atoms with Crippen molar-refractivity contribution in [3.8, 4) is 11.5 Å². The number of aliphatic hydroxyl groups is 1. The van der Waals surface area contributed by atoms with Crippen molar-refractivity contribution in [1.29, 1.82) is 0 Å². The molecule has 1 amide bonds. The highest BCUT2D eigenvalue weighted by Crippen LogP contribution is 2.44. The number of rotatable bonds is 7. The number of ether oxygens (including phenoxy) is 3. The first-order valence-electron chi connectivity index (χ1n) is 12.9. The number of hydrogen-bond acceptors (Lipinski definition) is 7. The molecule has 1 N–H and O–H groups in total. The molecule has 3 aromatic rings. The van der Waals surface area contributed by atoms with Gasteiger partial charge in [0.1, 0.15) is 17.3 Å². The third-order valence-corrected chi connectivity index (χ3v) is 6.83. The van der Waals surface area contributed by atoms with Crippen LogP contribution in [0, 0.1) is 0 Å². The highest BCUT2D eigenvalue weighted by atomic mass is 16.5. The Kier molecular flexibility index (Phi) is 8.00. The highest BCUT2D eigenvalue weighted by Gasteiger charge is 2.47. The fraction of sp³-hybridized carbons (Fsp3) is 0.281. The van der Waals surface area contributed by atoms with Gasteiger partial charge in [-0.25, -0.2) is 4.79 Å². The summed E-state index contributed by atoms with van der Waals surface area (Å²) in [4.78, 5) is 40.7. The number of benzene rings is 3. The van der Waals surface area contributed by atoms with Crippen molar-refractivity contribution >= 4 is 29.1 Å². The van der Waals surface area contributed by atoms with Gasteiger partial charge in [-0.3, -0.25) is 14.5 Å². The van der Waals surface area contributed by atoms with E-state index in [1.54, 1.807) is 55.5 Å². The Hall–Kier alpha value is -4.59. The molecule has 0 bridgehead atoms. The van der Waals surface area contributed by atoms with Gasteiger partial charge in [-0.05, 0) is 72.0 Å². The predicted octanol–water partition coefficient (Wildman–Crippen LogP) is 5.80. The number of carbonyl (C=O) groups is 3. The average Bonchev–Trinajstić information content (AvgIpc) is 3.22. The van der Waals surface area contributed by atoms with E-state index in [2.05, 4.69) is 0 Å². The van der Waals surface area contributed by atoms with E-state index >= 15 is 0 Å². The summed E-state index contributed by atoms with van der Waals surface area (Å²) in [5.41, 5.74) is 2.12. The third kappa shape index (κ3) is 5.30. The van der Waals surface area contributed by atoms with E-state index in [0.717, 1.165) is 5.56 Å². The molecule has 0 radical (unpaired) electrons. The summed E-state index contributed by atoms with van der Waals surface area (Å²) < 4.78 is 16.0. The number of aliphatic hydroxyl groups excluding tert-OH is 1. The number of ketones is 1. The molecular formula is C32H33NO7. The first-order valence-corrected chi connectivity index (χ1v) is 12.9. The van der Waals surface area contributed by atoms with Crippen molar-refractivity contribution in [3.05, 3.63) is 94.6 Å². The van der Waals surface area contributed by atoms with E-state index < -0.39 is 23.7 Å². The van der Waals surface area contributed by atoms with Crippen LogP contribution in [0.15, 0.2) is 72.3 Å². The molecular weight excluding hydrogens is 510 g/mol. The maximum Gasteiger partial charge on any atom is 0.338 e. The van der Waals surface area contributed by atoms with E-state index in [0.29, 0.717) is 33.9 Å². The molecule has 1 unspecified atom stereocenters. The second-order valence-electron chi connectivity index (χ2n) is 10.4. The van der Waals surface area contributed by atoms with Crippen LogP contribution >= 0.6 is 0 Å². The number of amides is 1. The second-order valence-corrected chi connectivity index (χ2v) is 10.4. The van der Waals surface area contributed by atoms with Crippen LogP contribution in [0.1, 0.15) is 60.8 Å². The molecule has 1 saturated heterocycles. The predicted molar refractivity (Wildman–Crippen MR) is 152 cm³/mol. The Labute approximate surface area is 233 Å². The highest BCUT2D eigenvalue weighted by molar-refractivity contribution is 6.51. The first-order chi connectivity index (χ1) is 19.0. The minimum absolute atomic E-state index is 0.0860. The summed E-state index contributed by atoms with van der Waals surface area (Å²) in [6.07, 6.45) is 0. The fourth-order valence-corrected chi connectivity index (χ4v) is 4.70. The smallest absolute Gasteiger partial charge is 0.338 e. The number of esters is 1. The van der Waals surface area contributed by atoms with E-state index in [1.807, 2.05) is 26.8 Å². The number of nitrogens with zero attached hydrogens (tertiary/aromatic N) is 1. The lowest BCUT2D eigenvalue weighted by molar-refractivity contribution is -0.132. The molecule has 1 atom stereocenters. The molecule has 1 aliphatic heterocycles. The van der Waals surface area contributed by atoms with Gasteiger partial charge in [0.25, 0.3) is 11.7 Å². The van der Waals surface area contributed by atoms with E-state index in [9.17, 15) is 19.5 Å². The van der Waals surface area contributed by atoms with Gasteiger partial charge in [0.15, 0.2) is 0 Å². The van der Waals surface area contributed by atoms with Crippen molar-refractivity contribution in [3.63, 3.8) is 0 Å². The monoisotopic (exact) mass is 543 g/mol. The SMILES string of the molecule is CCOC(=O)c1ccc(N2C(=O)C(=O)/C(=C(/O)c3cc(C(C)(C)C)ccc3OC)C2c2cccc(OC)c2)cc1. The first kappa shape index (κ1) is 28.4. The Morgan fingerprint density at radius 1 is 0.950 bits per heavy atom. The molecule has 8 nitrogen and oxygen atoms in total.